The molecule has 1 N–H and O–H groups in total. The third kappa shape index (κ3) is 2.11. The van der Waals surface area contributed by atoms with Gasteiger partial charge in [-0.25, -0.2) is 0 Å². The number of pyridine rings is 1. The van der Waals surface area contributed by atoms with Gasteiger partial charge in [0.1, 0.15) is 5.69 Å². The van der Waals surface area contributed by atoms with E-state index >= 15 is 0 Å². The van der Waals surface area contributed by atoms with Crippen LogP contribution >= 0.6 is 11.3 Å². The highest BCUT2D eigenvalue weighted by atomic mass is 32.1. The average molecular weight is 292 g/mol. The highest BCUT2D eigenvalue weighted by molar-refractivity contribution is 7.18. The van der Waals surface area contributed by atoms with Crippen molar-refractivity contribution in [3.8, 4) is 21.0 Å². The number of rotatable bonds is 2. The van der Waals surface area contributed by atoms with Crippen molar-refractivity contribution >= 4 is 22.2 Å². The fourth-order valence-electron chi connectivity index (χ4n) is 2.34. The fourth-order valence-corrected chi connectivity index (χ4v) is 3.37. The molecule has 0 saturated heterocycles. The van der Waals surface area contributed by atoms with Gasteiger partial charge in [0, 0.05) is 22.0 Å². The predicted molar refractivity (Wildman–Crippen MR) is 85.2 cm³/mol. The van der Waals surface area contributed by atoms with Crippen molar-refractivity contribution < 1.29 is 0 Å². The summed E-state index contributed by atoms with van der Waals surface area (Å²) >= 11 is 1.70. The van der Waals surface area contributed by atoms with Crippen LogP contribution < -0.4 is 0 Å². The summed E-state index contributed by atoms with van der Waals surface area (Å²) < 4.78 is 0. The number of para-hydroxylation sites is 1. The van der Waals surface area contributed by atoms with E-state index in [1.807, 2.05) is 31.3 Å². The molecule has 0 aliphatic carbocycles. The number of hydrogen-bond donors (Lipinski definition) is 1. The third-order valence-electron chi connectivity index (χ3n) is 3.44. The van der Waals surface area contributed by atoms with Gasteiger partial charge >= 0.3 is 0 Å². The number of aryl methyl sites for hydroxylation is 1. The van der Waals surface area contributed by atoms with Crippen molar-refractivity contribution in [2.24, 2.45) is 0 Å². The Morgan fingerprint density at radius 3 is 2.71 bits per heavy atom. The second kappa shape index (κ2) is 4.79. The molecule has 0 aliphatic rings. The maximum Gasteiger partial charge on any atom is 0.125 e. The van der Waals surface area contributed by atoms with Crippen LogP contribution in [0.15, 0.2) is 48.7 Å². The minimum absolute atomic E-state index is 0.917. The Hall–Kier alpha value is -2.53. The Bertz CT molecular complexity index is 923. The van der Waals surface area contributed by atoms with Crippen molar-refractivity contribution in [3.63, 3.8) is 0 Å². The Balaban J connectivity index is 1.79. The quantitative estimate of drug-likeness (QED) is 0.606. The molecule has 0 aliphatic heterocycles. The van der Waals surface area contributed by atoms with E-state index < -0.39 is 0 Å². The zero-order valence-corrected chi connectivity index (χ0v) is 12.2. The molecule has 4 aromatic rings. The molecular formula is C16H12N4S. The summed E-state index contributed by atoms with van der Waals surface area (Å²) in [5, 5.41) is 12.1. The van der Waals surface area contributed by atoms with Crippen molar-refractivity contribution in [1.29, 1.82) is 0 Å². The van der Waals surface area contributed by atoms with Crippen molar-refractivity contribution in [1.82, 2.24) is 20.4 Å². The number of aromatic nitrogens is 4. The lowest BCUT2D eigenvalue weighted by Gasteiger charge is -2.00. The number of H-pyrrole nitrogens is 1. The van der Waals surface area contributed by atoms with E-state index in [1.54, 1.807) is 11.3 Å². The Labute approximate surface area is 125 Å². The molecule has 3 heterocycles. The van der Waals surface area contributed by atoms with Gasteiger partial charge in [-0.1, -0.05) is 18.2 Å². The largest absolute Gasteiger partial charge is 0.256 e. The zero-order valence-electron chi connectivity index (χ0n) is 11.4. The summed E-state index contributed by atoms with van der Waals surface area (Å²) in [6, 6.07) is 14.5. The van der Waals surface area contributed by atoms with E-state index in [0.717, 1.165) is 32.7 Å². The van der Waals surface area contributed by atoms with Gasteiger partial charge in [-0.15, -0.1) is 11.3 Å². The van der Waals surface area contributed by atoms with E-state index in [1.165, 1.54) is 4.88 Å². The van der Waals surface area contributed by atoms with E-state index in [2.05, 4.69) is 44.7 Å². The molecular weight excluding hydrogens is 280 g/mol. The van der Waals surface area contributed by atoms with Crippen LogP contribution in [0.2, 0.25) is 0 Å². The molecule has 102 valence electrons. The number of nitrogens with zero attached hydrogens (tertiary/aromatic N) is 3. The summed E-state index contributed by atoms with van der Waals surface area (Å²) in [4.78, 5) is 6.82. The molecule has 5 heteroatoms. The summed E-state index contributed by atoms with van der Waals surface area (Å²) in [5.41, 5.74) is 3.98. The fraction of sp³-hybridized carbons (Fsp3) is 0.0625. The summed E-state index contributed by atoms with van der Waals surface area (Å²) in [7, 11) is 0. The molecule has 0 amide bonds. The van der Waals surface area contributed by atoms with Crippen molar-refractivity contribution in [2.45, 2.75) is 6.92 Å². The number of thiophene rings is 1. The SMILES string of the molecule is Cc1n[nH]nc1-c1ccc(-c2cnc3ccccc3c2)s1. The first kappa shape index (κ1) is 12.2. The highest BCUT2D eigenvalue weighted by Gasteiger charge is 2.10. The van der Waals surface area contributed by atoms with E-state index in [4.69, 9.17) is 0 Å². The Morgan fingerprint density at radius 1 is 1.00 bits per heavy atom. The average Bonchev–Trinajstić information content (AvgIpc) is 3.15. The van der Waals surface area contributed by atoms with E-state index in [0.29, 0.717) is 0 Å². The number of hydrogen-bond acceptors (Lipinski definition) is 4. The topological polar surface area (TPSA) is 54.5 Å². The highest BCUT2D eigenvalue weighted by Crippen LogP contribution is 2.34. The molecule has 0 fully saturated rings. The van der Waals surface area contributed by atoms with Crippen LogP contribution in [0, 0.1) is 6.92 Å². The molecule has 0 bridgehead atoms. The molecule has 21 heavy (non-hydrogen) atoms. The van der Waals surface area contributed by atoms with Crippen LogP contribution in [0.25, 0.3) is 31.9 Å². The van der Waals surface area contributed by atoms with Gasteiger partial charge in [0.25, 0.3) is 0 Å². The molecule has 0 atom stereocenters. The molecule has 4 nitrogen and oxygen atoms in total. The monoisotopic (exact) mass is 292 g/mol. The third-order valence-corrected chi connectivity index (χ3v) is 4.58. The molecule has 0 radical (unpaired) electrons. The van der Waals surface area contributed by atoms with E-state index in [9.17, 15) is 0 Å². The number of nitrogens with one attached hydrogen (secondary N) is 1. The summed E-state index contributed by atoms with van der Waals surface area (Å²) in [5.74, 6) is 0. The van der Waals surface area contributed by atoms with Gasteiger partial charge in [-0.3, -0.25) is 4.98 Å². The van der Waals surface area contributed by atoms with Crippen LogP contribution in [0.3, 0.4) is 0 Å². The van der Waals surface area contributed by atoms with Gasteiger partial charge in [-0.2, -0.15) is 15.4 Å². The standard InChI is InChI=1S/C16H12N4S/c1-10-16(19-20-18-10)15-7-6-14(21-15)12-8-11-4-2-3-5-13(11)17-9-12/h2-9H,1H3,(H,18,19,20). The summed E-state index contributed by atoms with van der Waals surface area (Å²) in [6.45, 7) is 1.95. The number of benzene rings is 1. The minimum atomic E-state index is 0.917. The van der Waals surface area contributed by atoms with Crippen LogP contribution in [0.1, 0.15) is 5.69 Å². The predicted octanol–water partition coefficient (Wildman–Crippen LogP) is 4.06. The number of fused-ring (bicyclic) bond motifs is 1. The molecule has 0 spiro atoms. The second-order valence-electron chi connectivity index (χ2n) is 4.84. The van der Waals surface area contributed by atoms with Crippen LogP contribution in [-0.4, -0.2) is 20.4 Å². The molecule has 0 unspecified atom stereocenters. The number of aromatic amines is 1. The lowest BCUT2D eigenvalue weighted by molar-refractivity contribution is 0.930. The lowest BCUT2D eigenvalue weighted by Crippen LogP contribution is -1.80. The van der Waals surface area contributed by atoms with Crippen molar-refractivity contribution in [2.75, 3.05) is 0 Å². The maximum absolute atomic E-state index is 4.52. The first-order chi connectivity index (χ1) is 10.3. The van der Waals surface area contributed by atoms with Crippen molar-refractivity contribution in [3.05, 3.63) is 54.4 Å². The first-order valence-corrected chi connectivity index (χ1v) is 7.46. The molecule has 4 rings (SSSR count). The summed E-state index contributed by atoms with van der Waals surface area (Å²) in [6.07, 6.45) is 1.92. The van der Waals surface area contributed by atoms with Gasteiger partial charge in [-0.05, 0) is 31.2 Å². The maximum atomic E-state index is 4.52. The second-order valence-corrected chi connectivity index (χ2v) is 5.92. The first-order valence-electron chi connectivity index (χ1n) is 6.64. The smallest absolute Gasteiger partial charge is 0.125 e. The molecule has 0 saturated carbocycles. The van der Waals surface area contributed by atoms with Crippen LogP contribution in [-0.2, 0) is 0 Å². The van der Waals surface area contributed by atoms with Gasteiger partial charge < -0.3 is 0 Å². The van der Waals surface area contributed by atoms with E-state index in [-0.39, 0.29) is 0 Å². The molecule has 3 aromatic heterocycles. The zero-order chi connectivity index (χ0) is 14.2. The van der Waals surface area contributed by atoms with Crippen LogP contribution in [0.4, 0.5) is 0 Å². The Kier molecular flexibility index (Phi) is 2.79. The van der Waals surface area contributed by atoms with Gasteiger partial charge in [0.2, 0.25) is 0 Å². The molecule has 1 aromatic carbocycles. The lowest BCUT2D eigenvalue weighted by atomic mass is 10.1. The van der Waals surface area contributed by atoms with Gasteiger partial charge in [0.15, 0.2) is 0 Å². The minimum Gasteiger partial charge on any atom is -0.256 e. The van der Waals surface area contributed by atoms with Crippen LogP contribution in [0.5, 0.6) is 0 Å². The normalized spacial score (nSPS) is 11.1. The van der Waals surface area contributed by atoms with Gasteiger partial charge in [0.05, 0.1) is 16.1 Å². The Morgan fingerprint density at radius 2 is 1.86 bits per heavy atom.